The Kier molecular flexibility index (Phi) is 4.47. The van der Waals surface area contributed by atoms with Gasteiger partial charge in [0.05, 0.1) is 5.56 Å². The maximum atomic E-state index is 12.5. The average molecular weight is 342 g/mol. The van der Waals surface area contributed by atoms with E-state index in [2.05, 4.69) is 14.9 Å². The summed E-state index contributed by atoms with van der Waals surface area (Å²) < 4.78 is 0. The number of hydrogen-bond donors (Lipinski definition) is 0. The van der Waals surface area contributed by atoms with Crippen molar-refractivity contribution in [2.24, 2.45) is 11.8 Å². The van der Waals surface area contributed by atoms with Gasteiger partial charge in [0.2, 0.25) is 5.95 Å². The number of hydrogen-bond acceptors (Lipinski definition) is 5. The number of rotatable bonds is 3. The number of thiophene rings is 1. The molecule has 4 rings (SSSR count). The molecule has 126 valence electrons. The van der Waals surface area contributed by atoms with E-state index in [0.29, 0.717) is 11.8 Å². The smallest absolute Gasteiger partial charge is 0.254 e. The molecule has 0 bridgehead atoms. The van der Waals surface area contributed by atoms with Crippen molar-refractivity contribution < 1.29 is 4.79 Å². The zero-order valence-electron chi connectivity index (χ0n) is 13.7. The molecule has 0 aliphatic carbocycles. The molecule has 2 saturated heterocycles. The van der Waals surface area contributed by atoms with Gasteiger partial charge in [0.1, 0.15) is 0 Å². The standard InChI is InChI=1S/C18H22N4OS/c23-17(16-5-11-24-13-16)22-10-4-15(12-22)14-2-8-21(9-3-14)18-19-6-1-7-20-18/h1,5-7,11,13-15H,2-4,8-10,12H2/t15-/m1/s1. The minimum atomic E-state index is 0.203. The number of likely N-dealkylation sites (tertiary alicyclic amines) is 1. The summed E-state index contributed by atoms with van der Waals surface area (Å²) in [7, 11) is 0. The summed E-state index contributed by atoms with van der Waals surface area (Å²) in [6, 6.07) is 3.78. The number of carbonyl (C=O) groups is 1. The molecule has 0 saturated carbocycles. The molecule has 24 heavy (non-hydrogen) atoms. The number of piperidine rings is 1. The normalized spacial score (nSPS) is 22.1. The molecule has 2 aliphatic heterocycles. The van der Waals surface area contributed by atoms with Gasteiger partial charge in [0, 0.05) is 44.0 Å². The molecule has 0 unspecified atom stereocenters. The predicted molar refractivity (Wildman–Crippen MR) is 95.3 cm³/mol. The molecule has 6 heteroatoms. The molecule has 2 aliphatic rings. The lowest BCUT2D eigenvalue weighted by molar-refractivity contribution is 0.0781. The fourth-order valence-electron chi connectivity index (χ4n) is 3.95. The third-order valence-electron chi connectivity index (χ3n) is 5.32. The van der Waals surface area contributed by atoms with Gasteiger partial charge >= 0.3 is 0 Å². The summed E-state index contributed by atoms with van der Waals surface area (Å²) in [5.74, 6) is 2.40. The van der Waals surface area contributed by atoms with Crippen LogP contribution in [0, 0.1) is 11.8 Å². The fourth-order valence-corrected chi connectivity index (χ4v) is 4.58. The van der Waals surface area contributed by atoms with Crippen molar-refractivity contribution in [3.63, 3.8) is 0 Å². The zero-order chi connectivity index (χ0) is 16.4. The van der Waals surface area contributed by atoms with Crippen molar-refractivity contribution in [2.45, 2.75) is 19.3 Å². The number of amides is 1. The molecular weight excluding hydrogens is 320 g/mol. The first-order valence-electron chi connectivity index (χ1n) is 8.64. The molecule has 0 aromatic carbocycles. The van der Waals surface area contributed by atoms with Crippen molar-refractivity contribution >= 4 is 23.2 Å². The molecule has 5 nitrogen and oxygen atoms in total. The van der Waals surface area contributed by atoms with Crippen LogP contribution in [0.3, 0.4) is 0 Å². The first kappa shape index (κ1) is 15.6. The van der Waals surface area contributed by atoms with Gasteiger partial charge in [0.15, 0.2) is 0 Å². The van der Waals surface area contributed by atoms with Gasteiger partial charge in [-0.25, -0.2) is 9.97 Å². The summed E-state index contributed by atoms with van der Waals surface area (Å²) >= 11 is 1.59. The lowest BCUT2D eigenvalue weighted by Crippen LogP contribution is -2.38. The van der Waals surface area contributed by atoms with Crippen LogP contribution in [0.4, 0.5) is 5.95 Å². The quantitative estimate of drug-likeness (QED) is 0.860. The Hall–Kier alpha value is -1.95. The fraction of sp³-hybridized carbons (Fsp3) is 0.500. The van der Waals surface area contributed by atoms with Crippen LogP contribution >= 0.6 is 11.3 Å². The minimum Gasteiger partial charge on any atom is -0.341 e. The van der Waals surface area contributed by atoms with E-state index in [-0.39, 0.29) is 5.91 Å². The third-order valence-corrected chi connectivity index (χ3v) is 6.00. The van der Waals surface area contributed by atoms with Crippen molar-refractivity contribution in [1.29, 1.82) is 0 Å². The van der Waals surface area contributed by atoms with Crippen molar-refractivity contribution in [3.8, 4) is 0 Å². The Balaban J connectivity index is 1.31. The molecule has 0 radical (unpaired) electrons. The second-order valence-electron chi connectivity index (χ2n) is 6.69. The van der Waals surface area contributed by atoms with Crippen LogP contribution in [0.25, 0.3) is 0 Å². The van der Waals surface area contributed by atoms with Crippen LogP contribution in [0.5, 0.6) is 0 Å². The van der Waals surface area contributed by atoms with E-state index >= 15 is 0 Å². The number of anilines is 1. The second kappa shape index (κ2) is 6.89. The van der Waals surface area contributed by atoms with Gasteiger partial charge in [-0.2, -0.15) is 11.3 Å². The highest BCUT2D eigenvalue weighted by Crippen LogP contribution is 2.33. The molecule has 2 fully saturated rings. The van der Waals surface area contributed by atoms with Crippen molar-refractivity contribution in [1.82, 2.24) is 14.9 Å². The minimum absolute atomic E-state index is 0.203. The topological polar surface area (TPSA) is 49.3 Å². The molecule has 2 aromatic rings. The Morgan fingerprint density at radius 2 is 1.83 bits per heavy atom. The molecular formula is C18H22N4OS. The summed E-state index contributed by atoms with van der Waals surface area (Å²) in [6.07, 6.45) is 7.09. The first-order chi connectivity index (χ1) is 11.8. The summed E-state index contributed by atoms with van der Waals surface area (Å²) in [6.45, 7) is 3.86. The Bertz CT molecular complexity index is 668. The van der Waals surface area contributed by atoms with Gasteiger partial charge in [-0.05, 0) is 48.6 Å². The maximum absolute atomic E-state index is 12.5. The molecule has 4 heterocycles. The Morgan fingerprint density at radius 3 is 2.54 bits per heavy atom. The van der Waals surface area contributed by atoms with Crippen LogP contribution in [0.1, 0.15) is 29.6 Å². The highest BCUT2D eigenvalue weighted by molar-refractivity contribution is 7.08. The summed E-state index contributed by atoms with van der Waals surface area (Å²) in [5, 5.41) is 3.93. The predicted octanol–water partition coefficient (Wildman–Crippen LogP) is 2.92. The van der Waals surface area contributed by atoms with Gasteiger partial charge in [-0.1, -0.05) is 0 Å². The van der Waals surface area contributed by atoms with E-state index in [1.807, 2.05) is 27.8 Å². The van der Waals surface area contributed by atoms with Crippen LogP contribution < -0.4 is 4.90 Å². The SMILES string of the molecule is O=C(c1ccsc1)N1CC[C@@H](C2CCN(c3ncccn3)CC2)C1. The number of carbonyl (C=O) groups excluding carboxylic acids is 1. The van der Waals surface area contributed by atoms with Crippen molar-refractivity contribution in [3.05, 3.63) is 40.8 Å². The van der Waals surface area contributed by atoms with Crippen LogP contribution in [-0.2, 0) is 0 Å². The zero-order valence-corrected chi connectivity index (χ0v) is 14.5. The second-order valence-corrected chi connectivity index (χ2v) is 7.47. The number of aromatic nitrogens is 2. The Morgan fingerprint density at radius 1 is 1.08 bits per heavy atom. The molecule has 0 N–H and O–H groups in total. The van der Waals surface area contributed by atoms with Crippen LogP contribution in [0.2, 0.25) is 0 Å². The van der Waals surface area contributed by atoms with Crippen LogP contribution in [0.15, 0.2) is 35.3 Å². The van der Waals surface area contributed by atoms with Crippen molar-refractivity contribution in [2.75, 3.05) is 31.1 Å². The van der Waals surface area contributed by atoms with Gasteiger partial charge in [-0.15, -0.1) is 0 Å². The van der Waals surface area contributed by atoms with E-state index in [4.69, 9.17) is 0 Å². The average Bonchev–Trinajstić information content (AvgIpc) is 3.34. The largest absolute Gasteiger partial charge is 0.341 e. The Labute approximate surface area is 146 Å². The lowest BCUT2D eigenvalue weighted by Gasteiger charge is -2.34. The third kappa shape index (κ3) is 3.15. The van der Waals surface area contributed by atoms with Gasteiger partial charge < -0.3 is 9.80 Å². The highest BCUT2D eigenvalue weighted by atomic mass is 32.1. The number of nitrogens with zero attached hydrogens (tertiary/aromatic N) is 4. The highest BCUT2D eigenvalue weighted by Gasteiger charge is 2.34. The summed E-state index contributed by atoms with van der Waals surface area (Å²) in [5.41, 5.74) is 0.844. The van der Waals surface area contributed by atoms with E-state index in [1.54, 1.807) is 23.7 Å². The first-order valence-corrected chi connectivity index (χ1v) is 9.59. The molecule has 0 spiro atoms. The van der Waals surface area contributed by atoms with E-state index in [1.165, 1.54) is 12.8 Å². The van der Waals surface area contributed by atoms with E-state index in [9.17, 15) is 4.79 Å². The molecule has 1 amide bonds. The van der Waals surface area contributed by atoms with Gasteiger partial charge in [-0.3, -0.25) is 4.79 Å². The molecule has 2 aromatic heterocycles. The molecule has 1 atom stereocenters. The van der Waals surface area contributed by atoms with E-state index < -0.39 is 0 Å². The van der Waals surface area contributed by atoms with Gasteiger partial charge in [0.25, 0.3) is 5.91 Å². The monoisotopic (exact) mass is 342 g/mol. The van der Waals surface area contributed by atoms with Crippen LogP contribution in [-0.4, -0.2) is 47.0 Å². The maximum Gasteiger partial charge on any atom is 0.254 e. The van der Waals surface area contributed by atoms with E-state index in [0.717, 1.165) is 44.1 Å². The summed E-state index contributed by atoms with van der Waals surface area (Å²) in [4.78, 5) is 25.5. The lowest BCUT2D eigenvalue weighted by atomic mass is 9.84.